The zero-order valence-electron chi connectivity index (χ0n) is 12.0. The van der Waals surface area contributed by atoms with Gasteiger partial charge in [-0.3, -0.25) is 0 Å². The maximum Gasteiger partial charge on any atom is 0.137 e. The quantitative estimate of drug-likeness (QED) is 0.771. The SMILES string of the molecule is Cc1ccc2nc(-c3ccc(C)c(C)c3)c(CO)n2c1. The van der Waals surface area contributed by atoms with Crippen LogP contribution in [0.15, 0.2) is 36.5 Å². The highest BCUT2D eigenvalue weighted by molar-refractivity contribution is 5.67. The van der Waals surface area contributed by atoms with Gasteiger partial charge in [0.2, 0.25) is 0 Å². The fourth-order valence-electron chi connectivity index (χ4n) is 2.47. The third kappa shape index (κ3) is 2.00. The summed E-state index contributed by atoms with van der Waals surface area (Å²) >= 11 is 0. The normalized spacial score (nSPS) is 11.2. The smallest absolute Gasteiger partial charge is 0.137 e. The topological polar surface area (TPSA) is 37.5 Å². The molecule has 0 unspecified atom stereocenters. The zero-order valence-corrected chi connectivity index (χ0v) is 12.0. The molecule has 0 atom stereocenters. The summed E-state index contributed by atoms with van der Waals surface area (Å²) in [6.45, 7) is 6.21. The highest BCUT2D eigenvalue weighted by Gasteiger charge is 2.13. The number of benzene rings is 1. The Labute approximate surface area is 118 Å². The van der Waals surface area contributed by atoms with Gasteiger partial charge in [-0.15, -0.1) is 0 Å². The van der Waals surface area contributed by atoms with Crippen molar-refractivity contribution >= 4 is 5.65 Å². The van der Waals surface area contributed by atoms with Gasteiger partial charge in [-0.05, 0) is 49.6 Å². The first kappa shape index (κ1) is 12.9. The van der Waals surface area contributed by atoms with E-state index in [1.165, 1.54) is 11.1 Å². The summed E-state index contributed by atoms with van der Waals surface area (Å²) in [6.07, 6.45) is 2.01. The van der Waals surface area contributed by atoms with Crippen LogP contribution >= 0.6 is 0 Å². The van der Waals surface area contributed by atoms with Crippen molar-refractivity contribution in [3.05, 3.63) is 58.9 Å². The molecule has 0 saturated carbocycles. The van der Waals surface area contributed by atoms with Crippen LogP contribution in [0.2, 0.25) is 0 Å². The molecule has 1 aromatic carbocycles. The Balaban J connectivity index is 2.27. The minimum absolute atomic E-state index is 0.0210. The van der Waals surface area contributed by atoms with Crippen molar-refractivity contribution in [1.29, 1.82) is 0 Å². The zero-order chi connectivity index (χ0) is 14.3. The van der Waals surface area contributed by atoms with Crippen LogP contribution in [0.25, 0.3) is 16.9 Å². The van der Waals surface area contributed by atoms with Crippen LogP contribution in [-0.4, -0.2) is 14.5 Å². The van der Waals surface area contributed by atoms with Crippen molar-refractivity contribution in [2.45, 2.75) is 27.4 Å². The maximum absolute atomic E-state index is 9.72. The van der Waals surface area contributed by atoms with E-state index in [0.717, 1.165) is 28.2 Å². The van der Waals surface area contributed by atoms with Gasteiger partial charge >= 0.3 is 0 Å². The molecular weight excluding hydrogens is 248 g/mol. The molecule has 3 heteroatoms. The Hall–Kier alpha value is -2.13. The summed E-state index contributed by atoms with van der Waals surface area (Å²) in [5.41, 5.74) is 7.27. The number of aliphatic hydroxyl groups is 1. The van der Waals surface area contributed by atoms with Crippen LogP contribution in [0.5, 0.6) is 0 Å². The van der Waals surface area contributed by atoms with E-state index in [2.05, 4.69) is 37.0 Å². The largest absolute Gasteiger partial charge is 0.390 e. The molecule has 0 aliphatic rings. The average molecular weight is 266 g/mol. The van der Waals surface area contributed by atoms with Crippen molar-refractivity contribution in [2.24, 2.45) is 0 Å². The van der Waals surface area contributed by atoms with Crippen LogP contribution in [0, 0.1) is 20.8 Å². The van der Waals surface area contributed by atoms with Gasteiger partial charge in [0.05, 0.1) is 18.0 Å². The first-order valence-corrected chi connectivity index (χ1v) is 6.76. The molecular formula is C17H18N2O. The first-order valence-electron chi connectivity index (χ1n) is 6.76. The summed E-state index contributed by atoms with van der Waals surface area (Å²) in [5, 5.41) is 9.72. The predicted molar refractivity (Wildman–Crippen MR) is 80.8 cm³/mol. The second-order valence-electron chi connectivity index (χ2n) is 5.30. The second-order valence-corrected chi connectivity index (χ2v) is 5.30. The maximum atomic E-state index is 9.72. The van der Waals surface area contributed by atoms with E-state index in [1.807, 2.05) is 29.7 Å². The van der Waals surface area contributed by atoms with Gasteiger partial charge in [0.25, 0.3) is 0 Å². The summed E-state index contributed by atoms with van der Waals surface area (Å²) in [7, 11) is 0. The molecule has 2 heterocycles. The number of rotatable bonds is 2. The molecule has 0 amide bonds. The van der Waals surface area contributed by atoms with Crippen LogP contribution in [0.1, 0.15) is 22.4 Å². The van der Waals surface area contributed by atoms with E-state index in [-0.39, 0.29) is 6.61 Å². The summed E-state index contributed by atoms with van der Waals surface area (Å²) in [5.74, 6) is 0. The van der Waals surface area contributed by atoms with Crippen molar-refractivity contribution in [3.8, 4) is 11.3 Å². The van der Waals surface area contributed by atoms with E-state index < -0.39 is 0 Å². The Bertz CT molecular complexity index is 787. The lowest BCUT2D eigenvalue weighted by molar-refractivity contribution is 0.276. The number of aliphatic hydroxyl groups excluding tert-OH is 1. The monoisotopic (exact) mass is 266 g/mol. The fraction of sp³-hybridized carbons (Fsp3) is 0.235. The lowest BCUT2D eigenvalue weighted by atomic mass is 10.0. The van der Waals surface area contributed by atoms with Crippen LogP contribution < -0.4 is 0 Å². The third-order valence-corrected chi connectivity index (χ3v) is 3.80. The molecule has 0 spiro atoms. The van der Waals surface area contributed by atoms with Gasteiger partial charge in [0.1, 0.15) is 5.65 Å². The molecule has 3 nitrogen and oxygen atoms in total. The fourth-order valence-corrected chi connectivity index (χ4v) is 2.47. The molecule has 0 saturated heterocycles. The highest BCUT2D eigenvalue weighted by Crippen LogP contribution is 2.26. The van der Waals surface area contributed by atoms with Gasteiger partial charge in [-0.25, -0.2) is 4.98 Å². The lowest BCUT2D eigenvalue weighted by Gasteiger charge is -2.05. The molecule has 3 rings (SSSR count). The van der Waals surface area contributed by atoms with Crippen LogP contribution in [0.3, 0.4) is 0 Å². The molecule has 0 bridgehead atoms. The number of aromatic nitrogens is 2. The minimum Gasteiger partial charge on any atom is -0.390 e. The number of nitrogens with zero attached hydrogens (tertiary/aromatic N) is 2. The number of hydrogen-bond acceptors (Lipinski definition) is 2. The Morgan fingerprint density at radius 1 is 1.05 bits per heavy atom. The molecule has 2 aromatic heterocycles. The standard InChI is InChI=1S/C17H18N2O/c1-11-4-7-16-18-17(15(10-20)19(16)9-11)14-6-5-12(2)13(3)8-14/h4-9,20H,10H2,1-3H3. The lowest BCUT2D eigenvalue weighted by Crippen LogP contribution is -1.95. The second kappa shape index (κ2) is 4.76. The minimum atomic E-state index is -0.0210. The summed E-state index contributed by atoms with van der Waals surface area (Å²) in [6, 6.07) is 10.3. The Kier molecular flexibility index (Phi) is 3.07. The van der Waals surface area contributed by atoms with E-state index in [4.69, 9.17) is 0 Å². The van der Waals surface area contributed by atoms with E-state index in [1.54, 1.807) is 0 Å². The molecule has 0 fully saturated rings. The van der Waals surface area contributed by atoms with Crippen LogP contribution in [0.4, 0.5) is 0 Å². The summed E-state index contributed by atoms with van der Waals surface area (Å²) in [4.78, 5) is 4.67. The number of aryl methyl sites for hydroxylation is 3. The van der Waals surface area contributed by atoms with Gasteiger partial charge in [0, 0.05) is 11.8 Å². The van der Waals surface area contributed by atoms with Crippen molar-refractivity contribution < 1.29 is 5.11 Å². The number of imidazole rings is 1. The molecule has 0 aliphatic heterocycles. The van der Waals surface area contributed by atoms with Crippen molar-refractivity contribution in [1.82, 2.24) is 9.38 Å². The van der Waals surface area contributed by atoms with Crippen molar-refractivity contribution in [2.75, 3.05) is 0 Å². The number of hydrogen-bond donors (Lipinski definition) is 1. The van der Waals surface area contributed by atoms with E-state index in [0.29, 0.717) is 0 Å². The van der Waals surface area contributed by atoms with Gasteiger partial charge in [0.15, 0.2) is 0 Å². The number of fused-ring (bicyclic) bond motifs is 1. The summed E-state index contributed by atoms with van der Waals surface area (Å²) < 4.78 is 1.97. The first-order chi connectivity index (χ1) is 9.60. The number of pyridine rings is 1. The van der Waals surface area contributed by atoms with Crippen molar-refractivity contribution in [3.63, 3.8) is 0 Å². The Morgan fingerprint density at radius 3 is 2.55 bits per heavy atom. The van der Waals surface area contributed by atoms with E-state index >= 15 is 0 Å². The van der Waals surface area contributed by atoms with E-state index in [9.17, 15) is 5.11 Å². The predicted octanol–water partition coefficient (Wildman–Crippen LogP) is 3.42. The third-order valence-electron chi connectivity index (χ3n) is 3.80. The van der Waals surface area contributed by atoms with Gasteiger partial charge in [-0.1, -0.05) is 18.2 Å². The molecule has 102 valence electrons. The average Bonchev–Trinajstić information content (AvgIpc) is 2.79. The molecule has 0 aliphatic carbocycles. The van der Waals surface area contributed by atoms with Gasteiger partial charge < -0.3 is 9.51 Å². The van der Waals surface area contributed by atoms with Gasteiger partial charge in [-0.2, -0.15) is 0 Å². The highest BCUT2D eigenvalue weighted by atomic mass is 16.3. The molecule has 20 heavy (non-hydrogen) atoms. The van der Waals surface area contributed by atoms with Crippen LogP contribution in [-0.2, 0) is 6.61 Å². The molecule has 0 radical (unpaired) electrons. The molecule has 3 aromatic rings. The Morgan fingerprint density at radius 2 is 1.85 bits per heavy atom. The molecule has 1 N–H and O–H groups in total.